The molecule has 2 saturated heterocycles. The minimum Gasteiger partial charge on any atom is -0.400 e. The first-order chi connectivity index (χ1) is 26.1. The molecule has 0 bridgehead atoms. The predicted octanol–water partition coefficient (Wildman–Crippen LogP) is 8.05. The Morgan fingerprint density at radius 1 is 0.691 bits per heavy atom. The summed E-state index contributed by atoms with van der Waals surface area (Å²) in [5.74, 6) is -0.0434. The number of hydrogen-bond acceptors (Lipinski definition) is 5. The van der Waals surface area contributed by atoms with Gasteiger partial charge in [-0.1, -0.05) is 48.5 Å². The Bertz CT molecular complexity index is 1910. The lowest BCUT2D eigenvalue weighted by atomic mass is 9.98. The summed E-state index contributed by atoms with van der Waals surface area (Å²) in [6.07, 6.45) is -5.07. The number of nitrogens with zero attached hydrogens (tertiary/aromatic N) is 1. The summed E-state index contributed by atoms with van der Waals surface area (Å²) in [7, 11) is 2.94. The van der Waals surface area contributed by atoms with Gasteiger partial charge in [0.1, 0.15) is 0 Å². The number of aryl methyl sites for hydroxylation is 2. The van der Waals surface area contributed by atoms with Crippen LogP contribution in [0.4, 0.5) is 26.3 Å². The van der Waals surface area contributed by atoms with Gasteiger partial charge in [0.05, 0.1) is 23.2 Å². The zero-order chi connectivity index (χ0) is 40.3. The Morgan fingerprint density at radius 3 is 1.60 bits per heavy atom. The third kappa shape index (κ3) is 12.4. The normalized spacial score (nSPS) is 17.1. The van der Waals surface area contributed by atoms with Crippen LogP contribution < -0.4 is 16.0 Å². The number of aliphatic hydroxyl groups excluding tert-OH is 1. The van der Waals surface area contributed by atoms with E-state index >= 15 is 0 Å². The van der Waals surface area contributed by atoms with Gasteiger partial charge in [0.25, 0.3) is 0 Å². The number of likely N-dealkylation sites (N-methyl/N-ethyl adjacent to an activating group) is 1. The maximum atomic E-state index is 13.1. The molecule has 0 spiro atoms. The van der Waals surface area contributed by atoms with Gasteiger partial charge in [0.2, 0.25) is 11.8 Å². The highest BCUT2D eigenvalue weighted by Gasteiger charge is 2.32. The van der Waals surface area contributed by atoms with E-state index in [1.807, 2.05) is 36.2 Å². The number of aliphatic hydroxyl groups is 1. The number of halogens is 6. The minimum atomic E-state index is -4.38. The van der Waals surface area contributed by atoms with Crippen molar-refractivity contribution >= 4 is 11.8 Å². The molecule has 0 unspecified atom stereocenters. The molecule has 55 heavy (non-hydrogen) atoms. The maximum Gasteiger partial charge on any atom is 0.416 e. The number of rotatable bonds is 8. The molecule has 2 aliphatic heterocycles. The molecule has 4 aromatic rings. The third-order valence-electron chi connectivity index (χ3n) is 9.46. The lowest BCUT2D eigenvalue weighted by molar-refractivity contribution is -0.138. The minimum absolute atomic E-state index is 0.00434. The lowest BCUT2D eigenvalue weighted by Crippen LogP contribution is -2.41. The first-order valence-electron chi connectivity index (χ1n) is 18.1. The number of likely N-dealkylation sites (tertiary alicyclic amines) is 1. The van der Waals surface area contributed by atoms with Gasteiger partial charge >= 0.3 is 12.4 Å². The van der Waals surface area contributed by atoms with E-state index in [0.717, 1.165) is 81.3 Å². The molecule has 6 rings (SSSR count). The number of carbonyl (C=O) groups excluding carboxylic acids is 2. The average molecular weight is 771 g/mol. The van der Waals surface area contributed by atoms with Gasteiger partial charge in [-0.3, -0.25) is 14.5 Å². The quantitative estimate of drug-likeness (QED) is 0.136. The molecule has 2 heterocycles. The molecular weight excluding hydrogens is 722 g/mol. The number of benzene rings is 4. The van der Waals surface area contributed by atoms with Gasteiger partial charge < -0.3 is 21.1 Å². The molecule has 13 heteroatoms. The van der Waals surface area contributed by atoms with Crippen LogP contribution in [-0.2, 0) is 35.0 Å². The molecule has 0 radical (unpaired) electrons. The topological polar surface area (TPSA) is 93.7 Å². The van der Waals surface area contributed by atoms with Gasteiger partial charge in [0.15, 0.2) is 0 Å². The highest BCUT2D eigenvalue weighted by Crippen LogP contribution is 2.35. The Balaban J connectivity index is 0.000000234. The molecule has 4 N–H and O–H groups in total. The summed E-state index contributed by atoms with van der Waals surface area (Å²) >= 11 is 0. The highest BCUT2D eigenvalue weighted by molar-refractivity contribution is 5.82. The highest BCUT2D eigenvalue weighted by atomic mass is 19.4. The van der Waals surface area contributed by atoms with Crippen molar-refractivity contribution in [1.29, 1.82) is 0 Å². The second-order valence-corrected chi connectivity index (χ2v) is 13.8. The van der Waals surface area contributed by atoms with Crippen LogP contribution in [0.1, 0.15) is 59.1 Å². The standard InChI is InChI=1S/C21H23F3N2O.C20H21F3N2O.CH4O/c1-14-9-17(12-18(10-14)21(22,23)24)16-6-3-5-15(11-16)13-25-20(27)19-7-4-8-26(19)2;1-13-8-16(11-17(9-13)20(21,22)23)15-5-2-4-14(10-15)12-25-19(26)18-6-3-7-24-18;1-2/h3,5-6,9-12,19H,4,7-8,13H2,1-2H3,(H,25,27);2,4-5,8-11,18,24H,3,6-7,12H2,1H3,(H,25,26);2H,1H3/t19-;18-;/m00./s1. The molecule has 2 fully saturated rings. The Labute approximate surface area is 318 Å². The van der Waals surface area contributed by atoms with Gasteiger partial charge in [-0.15, -0.1) is 0 Å². The predicted molar refractivity (Wildman–Crippen MR) is 202 cm³/mol. The molecule has 0 aromatic heterocycles. The first-order valence-corrected chi connectivity index (χ1v) is 18.1. The Hall–Kier alpha value is -4.72. The van der Waals surface area contributed by atoms with Crippen LogP contribution in [0.15, 0.2) is 84.9 Å². The van der Waals surface area contributed by atoms with Crippen molar-refractivity contribution in [3.8, 4) is 22.3 Å². The van der Waals surface area contributed by atoms with Crippen molar-refractivity contribution in [3.63, 3.8) is 0 Å². The Kier molecular flexibility index (Phi) is 15.0. The van der Waals surface area contributed by atoms with Crippen LogP contribution in [0.2, 0.25) is 0 Å². The molecule has 7 nitrogen and oxygen atoms in total. The van der Waals surface area contributed by atoms with E-state index in [1.54, 1.807) is 50.2 Å². The van der Waals surface area contributed by atoms with Crippen LogP contribution in [0.5, 0.6) is 0 Å². The molecule has 296 valence electrons. The summed E-state index contributed by atoms with van der Waals surface area (Å²) in [6, 6.07) is 22.3. The molecule has 0 saturated carbocycles. The van der Waals surface area contributed by atoms with E-state index in [0.29, 0.717) is 46.5 Å². The molecule has 2 amide bonds. The zero-order valence-electron chi connectivity index (χ0n) is 31.4. The van der Waals surface area contributed by atoms with Crippen LogP contribution in [0, 0.1) is 13.8 Å². The molecule has 4 aromatic carbocycles. The zero-order valence-corrected chi connectivity index (χ0v) is 31.4. The number of carbonyl (C=O) groups is 2. The van der Waals surface area contributed by atoms with Crippen molar-refractivity contribution < 1.29 is 41.0 Å². The van der Waals surface area contributed by atoms with Gasteiger partial charge in [0, 0.05) is 20.2 Å². The monoisotopic (exact) mass is 770 g/mol. The van der Waals surface area contributed by atoms with Crippen LogP contribution >= 0.6 is 0 Å². The van der Waals surface area contributed by atoms with Crippen LogP contribution in [0.3, 0.4) is 0 Å². The van der Waals surface area contributed by atoms with E-state index in [2.05, 4.69) is 16.0 Å². The lowest BCUT2D eigenvalue weighted by Gasteiger charge is -2.18. The van der Waals surface area contributed by atoms with Crippen molar-refractivity contribution in [2.75, 3.05) is 27.2 Å². The van der Waals surface area contributed by atoms with Crippen molar-refractivity contribution in [2.45, 2.75) is 77.1 Å². The van der Waals surface area contributed by atoms with Crippen molar-refractivity contribution in [1.82, 2.24) is 20.9 Å². The summed E-state index contributed by atoms with van der Waals surface area (Å²) < 4.78 is 78.4. The van der Waals surface area contributed by atoms with E-state index in [-0.39, 0.29) is 23.9 Å². The summed E-state index contributed by atoms with van der Waals surface area (Å²) in [4.78, 5) is 26.4. The number of hydrogen-bond donors (Lipinski definition) is 4. The van der Waals surface area contributed by atoms with E-state index in [4.69, 9.17) is 5.11 Å². The van der Waals surface area contributed by atoms with E-state index in [1.165, 1.54) is 0 Å². The smallest absolute Gasteiger partial charge is 0.400 e. The largest absolute Gasteiger partial charge is 0.416 e. The summed E-state index contributed by atoms with van der Waals surface area (Å²) in [5.41, 5.74) is 3.95. The second kappa shape index (κ2) is 19.2. The van der Waals surface area contributed by atoms with E-state index in [9.17, 15) is 35.9 Å². The summed E-state index contributed by atoms with van der Waals surface area (Å²) in [6.45, 7) is 5.78. The molecule has 2 atom stereocenters. The molecule has 0 aliphatic carbocycles. The van der Waals surface area contributed by atoms with E-state index < -0.39 is 23.5 Å². The van der Waals surface area contributed by atoms with Crippen LogP contribution in [-0.4, -0.2) is 61.2 Å². The number of nitrogens with one attached hydrogen (secondary N) is 3. The third-order valence-corrected chi connectivity index (χ3v) is 9.46. The molecular formula is C42H48F6N4O3. The fourth-order valence-electron chi connectivity index (χ4n) is 6.72. The van der Waals surface area contributed by atoms with Gasteiger partial charge in [-0.05, 0) is 141 Å². The van der Waals surface area contributed by atoms with Crippen LogP contribution in [0.25, 0.3) is 22.3 Å². The molecule has 2 aliphatic rings. The number of amides is 2. The van der Waals surface area contributed by atoms with Gasteiger partial charge in [-0.25, -0.2) is 0 Å². The van der Waals surface area contributed by atoms with Crippen molar-refractivity contribution in [3.05, 3.63) is 118 Å². The Morgan fingerprint density at radius 2 is 1.18 bits per heavy atom. The summed E-state index contributed by atoms with van der Waals surface area (Å²) in [5, 5.41) is 16.0. The maximum absolute atomic E-state index is 13.1. The second-order valence-electron chi connectivity index (χ2n) is 13.8. The average Bonchev–Trinajstić information content (AvgIpc) is 3.86. The van der Waals surface area contributed by atoms with Crippen molar-refractivity contribution in [2.24, 2.45) is 0 Å². The SMILES string of the molecule is CO.Cc1cc(-c2cccc(CNC(=O)[C@@H]3CCCN3)c2)cc(C(F)(F)F)c1.Cc1cc(-c2cccc(CNC(=O)[C@@H]3CCCN3C)c2)cc(C(F)(F)F)c1. The first kappa shape index (κ1) is 43.0. The fraction of sp³-hybridized carbons (Fsp3) is 0.381. The van der Waals surface area contributed by atoms with Gasteiger partial charge in [-0.2, -0.15) is 26.3 Å². The fourth-order valence-corrected chi connectivity index (χ4v) is 6.72. The number of alkyl halides is 6.